The Morgan fingerprint density at radius 2 is 1.95 bits per heavy atom. The molecule has 1 aliphatic rings. The highest BCUT2D eigenvalue weighted by Gasteiger charge is 2.24. The molecule has 3 rings (SSSR count). The molecule has 20 heavy (non-hydrogen) atoms. The minimum absolute atomic E-state index is 0.0182. The summed E-state index contributed by atoms with van der Waals surface area (Å²) in [6.07, 6.45) is 0. The Balaban J connectivity index is 1.97. The van der Waals surface area contributed by atoms with Gasteiger partial charge in [-0.15, -0.1) is 11.8 Å². The monoisotopic (exact) mass is 348 g/mol. The SMILES string of the molecule is Nc1ccc2c(c1)N(C(=O)c1ccc(Br)cc1)CCS2. The molecule has 0 fully saturated rings. The predicted octanol–water partition coefficient (Wildman–Crippen LogP) is 3.78. The molecule has 0 atom stereocenters. The Kier molecular flexibility index (Phi) is 3.72. The molecule has 0 aliphatic carbocycles. The number of thioether (sulfide) groups is 1. The Hall–Kier alpha value is -1.46. The highest BCUT2D eigenvalue weighted by atomic mass is 79.9. The number of nitrogens with zero attached hydrogens (tertiary/aromatic N) is 1. The van der Waals surface area contributed by atoms with Crippen LogP contribution in [0.25, 0.3) is 0 Å². The van der Waals surface area contributed by atoms with Crippen LogP contribution in [0.15, 0.2) is 51.8 Å². The van der Waals surface area contributed by atoms with Gasteiger partial charge in [-0.3, -0.25) is 4.79 Å². The Labute approximate surface area is 130 Å². The molecule has 2 aromatic rings. The van der Waals surface area contributed by atoms with E-state index in [2.05, 4.69) is 15.9 Å². The van der Waals surface area contributed by atoms with Gasteiger partial charge in [0.15, 0.2) is 0 Å². The lowest BCUT2D eigenvalue weighted by molar-refractivity contribution is 0.0987. The lowest BCUT2D eigenvalue weighted by atomic mass is 10.1. The molecule has 0 saturated carbocycles. The van der Waals surface area contributed by atoms with E-state index in [1.54, 1.807) is 11.8 Å². The van der Waals surface area contributed by atoms with Crippen LogP contribution in [0.1, 0.15) is 10.4 Å². The quantitative estimate of drug-likeness (QED) is 0.797. The van der Waals surface area contributed by atoms with Crippen molar-refractivity contribution in [2.45, 2.75) is 4.90 Å². The topological polar surface area (TPSA) is 46.3 Å². The van der Waals surface area contributed by atoms with Gasteiger partial charge in [0.2, 0.25) is 0 Å². The second-order valence-corrected chi connectivity index (χ2v) is 6.59. The molecular weight excluding hydrogens is 336 g/mol. The maximum atomic E-state index is 12.6. The molecule has 1 aliphatic heterocycles. The van der Waals surface area contributed by atoms with E-state index < -0.39 is 0 Å². The number of amides is 1. The number of carbonyl (C=O) groups is 1. The van der Waals surface area contributed by atoms with E-state index in [4.69, 9.17) is 5.73 Å². The van der Waals surface area contributed by atoms with Crippen molar-refractivity contribution in [3.05, 3.63) is 52.5 Å². The smallest absolute Gasteiger partial charge is 0.258 e. The summed E-state index contributed by atoms with van der Waals surface area (Å²) < 4.78 is 0.966. The number of halogens is 1. The minimum atomic E-state index is 0.0182. The summed E-state index contributed by atoms with van der Waals surface area (Å²) in [6.45, 7) is 0.704. The van der Waals surface area contributed by atoms with Crippen LogP contribution in [0.2, 0.25) is 0 Å². The average molecular weight is 349 g/mol. The summed E-state index contributed by atoms with van der Waals surface area (Å²) in [5.74, 6) is 0.920. The zero-order chi connectivity index (χ0) is 14.1. The van der Waals surface area contributed by atoms with Crippen LogP contribution in [0.5, 0.6) is 0 Å². The van der Waals surface area contributed by atoms with Crippen molar-refractivity contribution >= 4 is 45.0 Å². The van der Waals surface area contributed by atoms with E-state index in [1.807, 2.05) is 47.4 Å². The molecule has 0 aromatic heterocycles. The van der Waals surface area contributed by atoms with Crippen LogP contribution >= 0.6 is 27.7 Å². The fourth-order valence-electron chi connectivity index (χ4n) is 2.19. The first kappa shape index (κ1) is 13.5. The van der Waals surface area contributed by atoms with Gasteiger partial charge >= 0.3 is 0 Å². The first-order chi connectivity index (χ1) is 9.65. The maximum Gasteiger partial charge on any atom is 0.258 e. The van der Waals surface area contributed by atoms with Gasteiger partial charge in [-0.25, -0.2) is 0 Å². The second-order valence-electron chi connectivity index (χ2n) is 4.54. The molecule has 0 spiro atoms. The van der Waals surface area contributed by atoms with E-state index >= 15 is 0 Å². The molecule has 3 nitrogen and oxygen atoms in total. The van der Waals surface area contributed by atoms with Gasteiger partial charge in [0, 0.05) is 32.9 Å². The van der Waals surface area contributed by atoms with Gasteiger partial charge in [-0.2, -0.15) is 0 Å². The van der Waals surface area contributed by atoms with Gasteiger partial charge in [-0.1, -0.05) is 15.9 Å². The van der Waals surface area contributed by atoms with E-state index in [9.17, 15) is 4.79 Å². The van der Waals surface area contributed by atoms with Crippen molar-refractivity contribution in [1.82, 2.24) is 0 Å². The molecule has 2 aromatic carbocycles. The van der Waals surface area contributed by atoms with Crippen molar-refractivity contribution < 1.29 is 4.79 Å². The predicted molar refractivity (Wildman–Crippen MR) is 87.4 cm³/mol. The zero-order valence-electron chi connectivity index (χ0n) is 10.7. The number of hydrogen-bond donors (Lipinski definition) is 1. The summed E-state index contributed by atoms with van der Waals surface area (Å²) in [5.41, 5.74) is 8.13. The summed E-state index contributed by atoms with van der Waals surface area (Å²) in [5, 5.41) is 0. The number of nitrogens with two attached hydrogens (primary N) is 1. The van der Waals surface area contributed by atoms with Crippen LogP contribution in [0, 0.1) is 0 Å². The van der Waals surface area contributed by atoms with E-state index in [0.717, 1.165) is 20.8 Å². The highest BCUT2D eigenvalue weighted by molar-refractivity contribution is 9.10. The van der Waals surface area contributed by atoms with Crippen LogP contribution in [0.3, 0.4) is 0 Å². The number of benzene rings is 2. The van der Waals surface area contributed by atoms with Gasteiger partial charge in [0.25, 0.3) is 5.91 Å². The van der Waals surface area contributed by atoms with Gasteiger partial charge < -0.3 is 10.6 Å². The molecular formula is C15H13BrN2OS. The third-order valence-corrected chi connectivity index (χ3v) is 4.75. The highest BCUT2D eigenvalue weighted by Crippen LogP contribution is 2.36. The van der Waals surface area contributed by atoms with Gasteiger partial charge in [-0.05, 0) is 42.5 Å². The summed E-state index contributed by atoms with van der Waals surface area (Å²) >= 11 is 5.14. The fourth-order valence-corrected chi connectivity index (χ4v) is 3.43. The summed E-state index contributed by atoms with van der Waals surface area (Å²) in [7, 11) is 0. The minimum Gasteiger partial charge on any atom is -0.399 e. The van der Waals surface area contributed by atoms with E-state index in [-0.39, 0.29) is 5.91 Å². The van der Waals surface area contributed by atoms with Gasteiger partial charge in [0.1, 0.15) is 0 Å². The van der Waals surface area contributed by atoms with Crippen LogP contribution < -0.4 is 10.6 Å². The third kappa shape index (κ3) is 2.55. The normalized spacial score (nSPS) is 13.9. The first-order valence-electron chi connectivity index (χ1n) is 6.25. The molecule has 1 amide bonds. The molecule has 2 N–H and O–H groups in total. The van der Waals surface area contributed by atoms with Crippen molar-refractivity contribution in [2.24, 2.45) is 0 Å². The molecule has 0 unspecified atom stereocenters. The fraction of sp³-hybridized carbons (Fsp3) is 0.133. The number of hydrogen-bond acceptors (Lipinski definition) is 3. The summed E-state index contributed by atoms with van der Waals surface area (Å²) in [6, 6.07) is 13.2. The average Bonchev–Trinajstić information content (AvgIpc) is 2.46. The molecule has 0 bridgehead atoms. The molecule has 1 heterocycles. The molecule has 5 heteroatoms. The van der Waals surface area contributed by atoms with Crippen molar-refractivity contribution in [1.29, 1.82) is 0 Å². The van der Waals surface area contributed by atoms with Crippen molar-refractivity contribution in [2.75, 3.05) is 22.9 Å². The largest absolute Gasteiger partial charge is 0.399 e. The zero-order valence-corrected chi connectivity index (χ0v) is 13.1. The number of nitrogen functional groups attached to an aromatic ring is 1. The van der Waals surface area contributed by atoms with Crippen LogP contribution in [0.4, 0.5) is 11.4 Å². The Bertz CT molecular complexity index is 657. The second kappa shape index (κ2) is 5.50. The first-order valence-corrected chi connectivity index (χ1v) is 8.03. The summed E-state index contributed by atoms with van der Waals surface area (Å²) in [4.78, 5) is 15.6. The van der Waals surface area contributed by atoms with Gasteiger partial charge in [0.05, 0.1) is 5.69 Å². The standard InChI is InChI=1S/C15H13BrN2OS/c16-11-3-1-10(2-4-11)15(19)18-7-8-20-14-6-5-12(17)9-13(14)18/h1-6,9H,7-8,17H2. The molecule has 0 radical (unpaired) electrons. The van der Waals surface area contributed by atoms with E-state index in [1.165, 1.54) is 0 Å². The Morgan fingerprint density at radius 3 is 2.70 bits per heavy atom. The molecule has 102 valence electrons. The van der Waals surface area contributed by atoms with Crippen molar-refractivity contribution in [3.63, 3.8) is 0 Å². The number of anilines is 2. The van der Waals surface area contributed by atoms with Crippen molar-refractivity contribution in [3.8, 4) is 0 Å². The van der Waals surface area contributed by atoms with Crippen LogP contribution in [-0.2, 0) is 0 Å². The number of carbonyl (C=O) groups excluding carboxylic acids is 1. The lowest BCUT2D eigenvalue weighted by Gasteiger charge is -2.29. The number of fused-ring (bicyclic) bond motifs is 1. The third-order valence-electron chi connectivity index (χ3n) is 3.18. The van der Waals surface area contributed by atoms with Crippen LogP contribution in [-0.4, -0.2) is 18.2 Å². The Morgan fingerprint density at radius 1 is 1.20 bits per heavy atom. The van der Waals surface area contributed by atoms with E-state index in [0.29, 0.717) is 17.8 Å². The molecule has 0 saturated heterocycles. The number of rotatable bonds is 1. The lowest BCUT2D eigenvalue weighted by Crippen LogP contribution is -2.35. The maximum absolute atomic E-state index is 12.6.